The number of amides is 2. The summed E-state index contributed by atoms with van der Waals surface area (Å²) in [6.07, 6.45) is 0.746. The van der Waals surface area contributed by atoms with Crippen molar-refractivity contribution >= 4 is 28.4 Å². The van der Waals surface area contributed by atoms with Crippen LogP contribution in [0.2, 0.25) is 0 Å². The lowest BCUT2D eigenvalue weighted by molar-refractivity contribution is 0.0729. The van der Waals surface area contributed by atoms with Crippen LogP contribution in [0.25, 0.3) is 22.0 Å². The summed E-state index contributed by atoms with van der Waals surface area (Å²) >= 11 is 0. The summed E-state index contributed by atoms with van der Waals surface area (Å²) in [5.41, 5.74) is 7.30. The molecule has 208 valence electrons. The van der Waals surface area contributed by atoms with Crippen molar-refractivity contribution in [2.24, 2.45) is 0 Å². The van der Waals surface area contributed by atoms with Crippen molar-refractivity contribution in [3.8, 4) is 28.7 Å². The molecule has 0 aliphatic carbocycles. The largest absolute Gasteiger partial charge is 0.493 e. The second kappa shape index (κ2) is 11.1. The molecule has 8 heteroatoms. The van der Waals surface area contributed by atoms with Crippen molar-refractivity contribution in [3.05, 3.63) is 113 Å². The van der Waals surface area contributed by atoms with Crippen LogP contribution in [0.1, 0.15) is 37.5 Å². The number of methoxy groups -OCH3 is 2. The molecule has 5 aromatic rings. The molecule has 0 radical (unpaired) electrons. The van der Waals surface area contributed by atoms with Gasteiger partial charge in [-0.05, 0) is 95.4 Å². The second-order valence-corrected chi connectivity index (χ2v) is 10.2. The van der Waals surface area contributed by atoms with E-state index in [1.54, 1.807) is 38.5 Å². The molecule has 2 amide bonds. The molecule has 1 aromatic heterocycles. The van der Waals surface area contributed by atoms with Gasteiger partial charge in [0.2, 0.25) is 0 Å². The molecule has 2 N–H and O–H groups in total. The van der Waals surface area contributed by atoms with Crippen LogP contribution in [-0.4, -0.2) is 42.5 Å². The van der Waals surface area contributed by atoms with Gasteiger partial charge in [-0.1, -0.05) is 18.2 Å². The standard InChI is InChI=1S/C34H28N4O4/c1-41-31-17-25-13-14-38(20-27(25)18-32(31)42-2)34(40)30-16-26-15-24(9-12-29(26)37-30)22-7-10-28(11-8-22)36-33(39)23-5-3-21(19-35)4-6-23/h3-12,15-18,37H,13-14,20H2,1-2H3,(H,36,39). The molecule has 0 unspecified atom stereocenters. The maximum absolute atomic E-state index is 13.5. The van der Waals surface area contributed by atoms with Gasteiger partial charge in [0.1, 0.15) is 5.69 Å². The third-order valence-corrected chi connectivity index (χ3v) is 7.61. The van der Waals surface area contributed by atoms with E-state index in [0.717, 1.165) is 39.6 Å². The highest BCUT2D eigenvalue weighted by atomic mass is 16.5. The molecule has 0 atom stereocenters. The minimum absolute atomic E-state index is 0.0458. The van der Waals surface area contributed by atoms with Gasteiger partial charge in [0, 0.05) is 35.2 Å². The number of carbonyl (C=O) groups is 2. The third-order valence-electron chi connectivity index (χ3n) is 7.61. The fraction of sp³-hybridized carbons (Fsp3) is 0.147. The van der Waals surface area contributed by atoms with Crippen LogP contribution in [0.5, 0.6) is 11.5 Å². The van der Waals surface area contributed by atoms with Crippen molar-refractivity contribution in [3.63, 3.8) is 0 Å². The number of ether oxygens (including phenoxy) is 2. The number of aromatic amines is 1. The Morgan fingerprint density at radius 2 is 1.55 bits per heavy atom. The van der Waals surface area contributed by atoms with E-state index in [1.807, 2.05) is 65.6 Å². The molecule has 0 spiro atoms. The van der Waals surface area contributed by atoms with Gasteiger partial charge in [0.15, 0.2) is 11.5 Å². The van der Waals surface area contributed by atoms with Crippen LogP contribution in [-0.2, 0) is 13.0 Å². The molecule has 2 heterocycles. The lowest BCUT2D eigenvalue weighted by Gasteiger charge is -2.29. The van der Waals surface area contributed by atoms with Crippen molar-refractivity contribution in [2.75, 3.05) is 26.1 Å². The highest BCUT2D eigenvalue weighted by Crippen LogP contribution is 2.34. The van der Waals surface area contributed by atoms with Gasteiger partial charge in [-0.3, -0.25) is 9.59 Å². The average molecular weight is 557 g/mol. The first-order valence-corrected chi connectivity index (χ1v) is 13.5. The van der Waals surface area contributed by atoms with Crippen molar-refractivity contribution in [1.82, 2.24) is 9.88 Å². The molecule has 0 saturated heterocycles. The van der Waals surface area contributed by atoms with Crippen LogP contribution in [0, 0.1) is 11.3 Å². The number of fused-ring (bicyclic) bond motifs is 2. The van der Waals surface area contributed by atoms with Crippen LogP contribution in [0.4, 0.5) is 5.69 Å². The number of rotatable bonds is 6. The Morgan fingerprint density at radius 3 is 2.24 bits per heavy atom. The van der Waals surface area contributed by atoms with Crippen molar-refractivity contribution < 1.29 is 19.1 Å². The van der Waals surface area contributed by atoms with E-state index in [9.17, 15) is 9.59 Å². The Bertz CT molecular complexity index is 1850. The number of nitriles is 1. The Balaban J connectivity index is 1.16. The first-order chi connectivity index (χ1) is 20.4. The molecule has 42 heavy (non-hydrogen) atoms. The molecule has 1 aliphatic heterocycles. The highest BCUT2D eigenvalue weighted by molar-refractivity contribution is 6.04. The number of hydrogen-bond donors (Lipinski definition) is 2. The van der Waals surface area contributed by atoms with Gasteiger partial charge in [-0.2, -0.15) is 5.26 Å². The van der Waals surface area contributed by atoms with Gasteiger partial charge in [0.05, 0.1) is 25.9 Å². The smallest absolute Gasteiger partial charge is 0.270 e. The fourth-order valence-corrected chi connectivity index (χ4v) is 5.30. The molecular formula is C34H28N4O4. The quantitative estimate of drug-likeness (QED) is 0.260. The van der Waals surface area contributed by atoms with Gasteiger partial charge < -0.3 is 24.7 Å². The van der Waals surface area contributed by atoms with Gasteiger partial charge >= 0.3 is 0 Å². The maximum atomic E-state index is 13.5. The molecule has 6 rings (SSSR count). The normalized spacial score (nSPS) is 12.4. The number of anilines is 1. The number of carbonyl (C=O) groups excluding carboxylic acids is 2. The molecule has 1 aliphatic rings. The Hall–Kier alpha value is -5.55. The first-order valence-electron chi connectivity index (χ1n) is 13.5. The van der Waals surface area contributed by atoms with E-state index < -0.39 is 0 Å². The number of nitrogens with one attached hydrogen (secondary N) is 2. The molecule has 0 saturated carbocycles. The van der Waals surface area contributed by atoms with Gasteiger partial charge in [-0.15, -0.1) is 0 Å². The summed E-state index contributed by atoms with van der Waals surface area (Å²) in [7, 11) is 3.24. The second-order valence-electron chi connectivity index (χ2n) is 10.2. The predicted octanol–water partition coefficient (Wildman–Crippen LogP) is 6.17. The minimum atomic E-state index is -0.241. The van der Waals surface area contributed by atoms with Crippen LogP contribution < -0.4 is 14.8 Å². The zero-order valence-electron chi connectivity index (χ0n) is 23.2. The van der Waals surface area contributed by atoms with Gasteiger partial charge in [0.25, 0.3) is 11.8 Å². The van der Waals surface area contributed by atoms with Crippen LogP contribution in [0.15, 0.2) is 84.9 Å². The highest BCUT2D eigenvalue weighted by Gasteiger charge is 2.25. The lowest BCUT2D eigenvalue weighted by atomic mass is 9.98. The van der Waals surface area contributed by atoms with E-state index in [0.29, 0.717) is 47.1 Å². The number of nitrogens with zero attached hydrogens (tertiary/aromatic N) is 2. The Morgan fingerprint density at radius 1 is 0.857 bits per heavy atom. The minimum Gasteiger partial charge on any atom is -0.493 e. The summed E-state index contributed by atoms with van der Waals surface area (Å²) < 4.78 is 10.9. The third kappa shape index (κ3) is 5.16. The molecule has 0 bridgehead atoms. The molecular weight excluding hydrogens is 528 g/mol. The van der Waals surface area contributed by atoms with E-state index in [-0.39, 0.29) is 11.8 Å². The Labute approximate surface area is 243 Å². The number of H-pyrrole nitrogens is 1. The lowest BCUT2D eigenvalue weighted by Crippen LogP contribution is -2.36. The summed E-state index contributed by atoms with van der Waals surface area (Å²) in [5, 5.41) is 12.8. The zero-order chi connectivity index (χ0) is 29.2. The zero-order valence-corrected chi connectivity index (χ0v) is 23.2. The Kier molecular flexibility index (Phi) is 7.07. The van der Waals surface area contributed by atoms with E-state index in [4.69, 9.17) is 14.7 Å². The van der Waals surface area contributed by atoms with Crippen molar-refractivity contribution in [1.29, 1.82) is 5.26 Å². The monoisotopic (exact) mass is 556 g/mol. The van der Waals surface area contributed by atoms with E-state index in [2.05, 4.69) is 16.4 Å². The number of benzene rings is 4. The summed E-state index contributed by atoms with van der Waals surface area (Å²) in [6.45, 7) is 1.12. The van der Waals surface area contributed by atoms with Crippen molar-refractivity contribution in [2.45, 2.75) is 13.0 Å². The van der Waals surface area contributed by atoms with Gasteiger partial charge in [-0.25, -0.2) is 0 Å². The fourth-order valence-electron chi connectivity index (χ4n) is 5.30. The summed E-state index contributed by atoms with van der Waals surface area (Å²) in [4.78, 5) is 31.2. The molecule has 4 aromatic carbocycles. The van der Waals surface area contributed by atoms with E-state index in [1.165, 1.54) is 0 Å². The van der Waals surface area contributed by atoms with Crippen LogP contribution in [0.3, 0.4) is 0 Å². The molecule has 8 nitrogen and oxygen atoms in total. The molecule has 0 fully saturated rings. The SMILES string of the molecule is COc1cc2c(cc1OC)CN(C(=O)c1cc3cc(-c4ccc(NC(=O)c5ccc(C#N)cc5)cc4)ccc3[nH]1)CC2. The topological polar surface area (TPSA) is 107 Å². The summed E-state index contributed by atoms with van der Waals surface area (Å²) in [6, 6.07) is 28.0. The predicted molar refractivity (Wildman–Crippen MR) is 161 cm³/mol. The number of hydrogen-bond acceptors (Lipinski definition) is 5. The number of aromatic nitrogens is 1. The maximum Gasteiger partial charge on any atom is 0.270 e. The van der Waals surface area contributed by atoms with Crippen LogP contribution >= 0.6 is 0 Å². The average Bonchev–Trinajstić information content (AvgIpc) is 3.47. The summed E-state index contributed by atoms with van der Waals surface area (Å²) in [5.74, 6) is 1.07. The van der Waals surface area contributed by atoms with E-state index >= 15 is 0 Å². The first kappa shape index (κ1) is 26.7.